The minimum Gasteiger partial charge on any atom is -0.272 e. The molecule has 8 nitrogen and oxygen atoms in total. The Morgan fingerprint density at radius 2 is 1.96 bits per heavy atom. The predicted octanol–water partition coefficient (Wildman–Crippen LogP) is 2.56. The summed E-state index contributed by atoms with van der Waals surface area (Å²) in [6.45, 7) is 0. The SMILES string of the molecule is O=C(CSc1ccc(C(F)(F)F)cc1[N+](=O)[O-])NNC(=O)c1cccnc1. The average Bonchev–Trinajstić information content (AvgIpc) is 2.64. The second-order valence-electron chi connectivity index (χ2n) is 4.97. The van der Waals surface area contributed by atoms with Crippen LogP contribution in [0, 0.1) is 10.1 Å². The summed E-state index contributed by atoms with van der Waals surface area (Å²) in [7, 11) is 0. The lowest BCUT2D eigenvalue weighted by molar-refractivity contribution is -0.388. The number of nitro benzene ring substituents is 1. The number of thioether (sulfide) groups is 1. The highest BCUT2D eigenvalue weighted by atomic mass is 32.2. The normalized spacial score (nSPS) is 10.9. The molecule has 2 amide bonds. The Bertz CT molecular complexity index is 862. The molecule has 12 heteroatoms. The third-order valence-corrected chi connectivity index (χ3v) is 4.14. The number of hydrogen-bond donors (Lipinski definition) is 2. The maximum absolute atomic E-state index is 12.7. The summed E-state index contributed by atoms with van der Waals surface area (Å²) in [6.07, 6.45) is -1.98. The van der Waals surface area contributed by atoms with Crippen molar-refractivity contribution < 1.29 is 27.7 Å². The van der Waals surface area contributed by atoms with Gasteiger partial charge in [0.25, 0.3) is 11.6 Å². The molecule has 0 saturated carbocycles. The molecule has 0 unspecified atom stereocenters. The van der Waals surface area contributed by atoms with Crippen LogP contribution in [0.4, 0.5) is 18.9 Å². The molecule has 142 valence electrons. The van der Waals surface area contributed by atoms with Gasteiger partial charge in [-0.1, -0.05) is 0 Å². The molecular formula is C15H11F3N4O4S. The molecule has 1 aromatic carbocycles. The van der Waals surface area contributed by atoms with E-state index in [0.29, 0.717) is 23.9 Å². The third-order valence-electron chi connectivity index (χ3n) is 3.08. The van der Waals surface area contributed by atoms with Crippen molar-refractivity contribution in [3.05, 3.63) is 64.0 Å². The predicted molar refractivity (Wildman–Crippen MR) is 88.7 cm³/mol. The van der Waals surface area contributed by atoms with Crippen molar-refractivity contribution in [2.75, 3.05) is 5.75 Å². The Hall–Kier alpha value is -3.15. The van der Waals surface area contributed by atoms with Crippen LogP contribution in [-0.2, 0) is 11.0 Å². The minimum absolute atomic E-state index is 0.110. The summed E-state index contributed by atoms with van der Waals surface area (Å²) in [5, 5.41) is 11.0. The molecule has 2 aromatic rings. The van der Waals surface area contributed by atoms with Crippen LogP contribution in [0.5, 0.6) is 0 Å². The van der Waals surface area contributed by atoms with Gasteiger partial charge in [0.1, 0.15) is 0 Å². The molecule has 0 aliphatic heterocycles. The van der Waals surface area contributed by atoms with E-state index < -0.39 is 34.2 Å². The van der Waals surface area contributed by atoms with Crippen LogP contribution in [0.2, 0.25) is 0 Å². The number of carbonyl (C=O) groups is 2. The number of aromatic nitrogens is 1. The standard InChI is InChI=1S/C15H11F3N4O4S/c16-15(17,18)10-3-4-12(11(6-10)22(25)26)27-8-13(23)20-21-14(24)9-2-1-5-19-7-9/h1-7H,8H2,(H,20,23)(H,21,24). The van der Waals surface area contributed by atoms with Crippen LogP contribution in [0.1, 0.15) is 15.9 Å². The topological polar surface area (TPSA) is 114 Å². The number of carbonyl (C=O) groups excluding carboxylic acids is 2. The summed E-state index contributed by atoms with van der Waals surface area (Å²) < 4.78 is 38.0. The number of nitrogens with zero attached hydrogens (tertiary/aromatic N) is 2. The first-order valence-electron chi connectivity index (χ1n) is 7.16. The second-order valence-corrected chi connectivity index (χ2v) is 5.99. The fourth-order valence-corrected chi connectivity index (χ4v) is 2.64. The van der Waals surface area contributed by atoms with Gasteiger partial charge in [0.05, 0.1) is 26.7 Å². The van der Waals surface area contributed by atoms with Crippen LogP contribution in [0.25, 0.3) is 0 Å². The molecule has 2 rings (SSSR count). The van der Waals surface area contributed by atoms with Gasteiger partial charge in [-0.05, 0) is 24.3 Å². The number of alkyl halides is 3. The van der Waals surface area contributed by atoms with E-state index in [9.17, 15) is 32.9 Å². The first-order chi connectivity index (χ1) is 12.7. The van der Waals surface area contributed by atoms with Crippen molar-refractivity contribution in [2.45, 2.75) is 11.1 Å². The number of hydrazine groups is 1. The lowest BCUT2D eigenvalue weighted by Gasteiger charge is -2.09. The molecular weight excluding hydrogens is 389 g/mol. The largest absolute Gasteiger partial charge is 0.416 e. The highest BCUT2D eigenvalue weighted by Crippen LogP contribution is 2.36. The molecule has 1 heterocycles. The Kier molecular flexibility index (Phi) is 6.34. The number of halogens is 3. The average molecular weight is 400 g/mol. The van der Waals surface area contributed by atoms with Crippen molar-refractivity contribution in [3.8, 4) is 0 Å². The molecule has 0 atom stereocenters. The zero-order valence-electron chi connectivity index (χ0n) is 13.3. The molecule has 27 heavy (non-hydrogen) atoms. The quantitative estimate of drug-likeness (QED) is 0.453. The monoisotopic (exact) mass is 400 g/mol. The summed E-state index contributed by atoms with van der Waals surface area (Å²) in [6, 6.07) is 5.01. The zero-order chi connectivity index (χ0) is 20.0. The van der Waals surface area contributed by atoms with E-state index in [1.54, 1.807) is 0 Å². The maximum Gasteiger partial charge on any atom is 0.416 e. The van der Waals surface area contributed by atoms with Crippen molar-refractivity contribution in [3.63, 3.8) is 0 Å². The first kappa shape index (κ1) is 20.2. The summed E-state index contributed by atoms with van der Waals surface area (Å²) in [4.78, 5) is 37.1. The maximum atomic E-state index is 12.7. The zero-order valence-corrected chi connectivity index (χ0v) is 14.1. The lowest BCUT2D eigenvalue weighted by atomic mass is 10.2. The van der Waals surface area contributed by atoms with Crippen molar-refractivity contribution in [1.82, 2.24) is 15.8 Å². The van der Waals surface area contributed by atoms with Crippen LogP contribution in [0.15, 0.2) is 47.6 Å². The summed E-state index contributed by atoms with van der Waals surface area (Å²) >= 11 is 0.666. The van der Waals surface area contributed by atoms with Gasteiger partial charge >= 0.3 is 6.18 Å². The van der Waals surface area contributed by atoms with Gasteiger partial charge in [0.2, 0.25) is 5.91 Å². The fraction of sp³-hybridized carbons (Fsp3) is 0.133. The first-order valence-corrected chi connectivity index (χ1v) is 8.14. The Balaban J connectivity index is 1.96. The molecule has 0 radical (unpaired) electrons. The van der Waals surface area contributed by atoms with E-state index in [1.165, 1.54) is 24.5 Å². The van der Waals surface area contributed by atoms with Gasteiger partial charge in [-0.3, -0.25) is 35.5 Å². The van der Waals surface area contributed by atoms with Crippen LogP contribution < -0.4 is 10.9 Å². The number of pyridine rings is 1. The Morgan fingerprint density at radius 1 is 1.22 bits per heavy atom. The number of benzene rings is 1. The van der Waals surface area contributed by atoms with Gasteiger partial charge in [-0.25, -0.2) is 0 Å². The van der Waals surface area contributed by atoms with Crippen molar-refractivity contribution in [1.29, 1.82) is 0 Å². The van der Waals surface area contributed by atoms with E-state index in [-0.39, 0.29) is 16.2 Å². The highest BCUT2D eigenvalue weighted by molar-refractivity contribution is 8.00. The number of nitro groups is 1. The highest BCUT2D eigenvalue weighted by Gasteiger charge is 2.33. The molecule has 0 bridgehead atoms. The van der Waals surface area contributed by atoms with Crippen molar-refractivity contribution >= 4 is 29.3 Å². The van der Waals surface area contributed by atoms with E-state index >= 15 is 0 Å². The molecule has 1 aromatic heterocycles. The van der Waals surface area contributed by atoms with Gasteiger partial charge < -0.3 is 0 Å². The molecule has 0 fully saturated rings. The van der Waals surface area contributed by atoms with Gasteiger partial charge in [-0.15, -0.1) is 11.8 Å². The Morgan fingerprint density at radius 3 is 2.56 bits per heavy atom. The lowest BCUT2D eigenvalue weighted by Crippen LogP contribution is -2.42. The van der Waals surface area contributed by atoms with Crippen LogP contribution in [0.3, 0.4) is 0 Å². The van der Waals surface area contributed by atoms with Crippen molar-refractivity contribution in [2.24, 2.45) is 0 Å². The minimum atomic E-state index is -4.72. The smallest absolute Gasteiger partial charge is 0.272 e. The summed E-state index contributed by atoms with van der Waals surface area (Å²) in [5.74, 6) is -1.69. The van der Waals surface area contributed by atoms with Gasteiger partial charge in [0, 0.05) is 18.5 Å². The molecule has 0 aliphatic carbocycles. The van der Waals surface area contributed by atoms with E-state index in [0.717, 1.165) is 6.07 Å². The fourth-order valence-electron chi connectivity index (χ4n) is 1.83. The number of hydrogen-bond acceptors (Lipinski definition) is 6. The molecule has 2 N–H and O–H groups in total. The van der Waals surface area contributed by atoms with E-state index in [2.05, 4.69) is 15.8 Å². The molecule has 0 aliphatic rings. The molecule has 0 saturated heterocycles. The molecule has 0 spiro atoms. The van der Waals surface area contributed by atoms with Gasteiger partial charge in [0.15, 0.2) is 0 Å². The second kappa shape index (κ2) is 8.49. The van der Waals surface area contributed by atoms with E-state index in [1.807, 2.05) is 0 Å². The van der Waals surface area contributed by atoms with Crippen LogP contribution in [-0.4, -0.2) is 27.5 Å². The number of amides is 2. The summed E-state index contributed by atoms with van der Waals surface area (Å²) in [5.41, 5.74) is 2.50. The van der Waals surface area contributed by atoms with Gasteiger partial charge in [-0.2, -0.15) is 13.2 Å². The van der Waals surface area contributed by atoms with Crippen LogP contribution >= 0.6 is 11.8 Å². The Labute approximate surface area is 154 Å². The van der Waals surface area contributed by atoms with E-state index in [4.69, 9.17) is 0 Å². The number of rotatable bonds is 5. The number of nitrogens with one attached hydrogen (secondary N) is 2. The third kappa shape index (κ3) is 5.67.